The van der Waals surface area contributed by atoms with Gasteiger partial charge in [-0.1, -0.05) is 6.07 Å². The number of hydrogen-bond acceptors (Lipinski definition) is 4. The van der Waals surface area contributed by atoms with Crippen molar-refractivity contribution in [3.8, 4) is 0 Å². The maximum absolute atomic E-state index is 11.5. The predicted octanol–water partition coefficient (Wildman–Crippen LogP) is 1.15. The van der Waals surface area contributed by atoms with Crippen molar-refractivity contribution in [3.63, 3.8) is 0 Å². The van der Waals surface area contributed by atoms with Crippen LogP contribution in [0.1, 0.15) is 18.4 Å². The van der Waals surface area contributed by atoms with Crippen LogP contribution in [0.2, 0.25) is 0 Å². The number of rotatable bonds is 5. The second-order valence-corrected chi connectivity index (χ2v) is 6.21. The number of carbonyl (C=O) groups is 1. The van der Waals surface area contributed by atoms with Gasteiger partial charge in [0.05, 0.1) is 5.75 Å². The molecule has 1 amide bonds. The first kappa shape index (κ1) is 13.6. The summed E-state index contributed by atoms with van der Waals surface area (Å²) in [6.45, 7) is 1.85. The molecular formula is C11H16N2O3S. The predicted molar refractivity (Wildman–Crippen MR) is 66.5 cm³/mol. The highest BCUT2D eigenvalue weighted by Crippen LogP contribution is 2.09. The van der Waals surface area contributed by atoms with Crippen LogP contribution in [-0.2, 0) is 14.6 Å². The quantitative estimate of drug-likeness (QED) is 0.857. The number of aryl methyl sites for hydroxylation is 1. The number of hydrogen-bond donors (Lipinski definition) is 1. The SMILES string of the molecule is Cc1cccnc1NC(=O)CCCS(C)(=O)=O. The van der Waals surface area contributed by atoms with Crippen LogP contribution in [0.4, 0.5) is 5.82 Å². The van der Waals surface area contributed by atoms with Crippen molar-refractivity contribution in [2.24, 2.45) is 0 Å². The summed E-state index contributed by atoms with van der Waals surface area (Å²) in [5.41, 5.74) is 0.879. The van der Waals surface area contributed by atoms with E-state index < -0.39 is 9.84 Å². The fraction of sp³-hybridized carbons (Fsp3) is 0.455. The molecule has 0 fully saturated rings. The molecule has 1 N–H and O–H groups in total. The van der Waals surface area contributed by atoms with Crippen molar-refractivity contribution in [1.82, 2.24) is 4.98 Å². The highest BCUT2D eigenvalue weighted by atomic mass is 32.2. The molecule has 0 bridgehead atoms. The van der Waals surface area contributed by atoms with E-state index in [-0.39, 0.29) is 18.1 Å². The van der Waals surface area contributed by atoms with Gasteiger partial charge in [0.25, 0.3) is 0 Å². The standard InChI is InChI=1S/C11H16N2O3S/c1-9-5-3-7-12-11(9)13-10(14)6-4-8-17(2,15)16/h3,5,7H,4,6,8H2,1-2H3,(H,12,13,14). The van der Waals surface area contributed by atoms with Crippen LogP contribution >= 0.6 is 0 Å². The number of aromatic nitrogens is 1. The van der Waals surface area contributed by atoms with Crippen LogP contribution in [0.25, 0.3) is 0 Å². The molecule has 1 aromatic heterocycles. The summed E-state index contributed by atoms with van der Waals surface area (Å²) in [6.07, 6.45) is 3.27. The molecule has 0 aliphatic heterocycles. The Morgan fingerprint density at radius 2 is 2.18 bits per heavy atom. The van der Waals surface area contributed by atoms with Crippen LogP contribution in [0, 0.1) is 6.92 Å². The normalized spacial score (nSPS) is 11.2. The molecule has 0 radical (unpaired) electrons. The Balaban J connectivity index is 2.43. The number of anilines is 1. The average molecular weight is 256 g/mol. The number of carbonyl (C=O) groups excluding carboxylic acids is 1. The lowest BCUT2D eigenvalue weighted by Crippen LogP contribution is -2.15. The second kappa shape index (κ2) is 5.77. The van der Waals surface area contributed by atoms with Gasteiger partial charge in [0, 0.05) is 18.9 Å². The van der Waals surface area contributed by atoms with E-state index >= 15 is 0 Å². The summed E-state index contributed by atoms with van der Waals surface area (Å²) in [4.78, 5) is 15.5. The van der Waals surface area contributed by atoms with Crippen LogP contribution in [0.3, 0.4) is 0 Å². The Morgan fingerprint density at radius 3 is 2.76 bits per heavy atom. The topological polar surface area (TPSA) is 76.1 Å². The third-order valence-corrected chi connectivity index (χ3v) is 3.22. The van der Waals surface area contributed by atoms with Gasteiger partial charge in [0.2, 0.25) is 5.91 Å². The Bertz CT molecular complexity index is 497. The molecule has 1 aromatic rings. The van der Waals surface area contributed by atoms with Gasteiger partial charge in [-0.2, -0.15) is 0 Å². The van der Waals surface area contributed by atoms with Crippen molar-refractivity contribution in [2.45, 2.75) is 19.8 Å². The van der Waals surface area contributed by atoms with Crippen molar-refractivity contribution in [3.05, 3.63) is 23.9 Å². The summed E-state index contributed by atoms with van der Waals surface area (Å²) in [5, 5.41) is 2.65. The van der Waals surface area contributed by atoms with Gasteiger partial charge >= 0.3 is 0 Å². The third-order valence-electron chi connectivity index (χ3n) is 2.19. The van der Waals surface area contributed by atoms with Gasteiger partial charge in [0.15, 0.2) is 0 Å². The maximum atomic E-state index is 11.5. The van der Waals surface area contributed by atoms with E-state index in [1.807, 2.05) is 13.0 Å². The summed E-state index contributed by atoms with van der Waals surface area (Å²) < 4.78 is 21.8. The summed E-state index contributed by atoms with van der Waals surface area (Å²) in [6, 6.07) is 3.63. The number of sulfone groups is 1. The molecule has 94 valence electrons. The first-order chi connectivity index (χ1) is 7.88. The van der Waals surface area contributed by atoms with E-state index in [0.717, 1.165) is 11.8 Å². The number of pyridine rings is 1. The van der Waals surface area contributed by atoms with Gasteiger partial charge < -0.3 is 5.32 Å². The van der Waals surface area contributed by atoms with Crippen molar-refractivity contribution in [2.75, 3.05) is 17.3 Å². The number of amides is 1. The van der Waals surface area contributed by atoms with Crippen molar-refractivity contribution < 1.29 is 13.2 Å². The van der Waals surface area contributed by atoms with Crippen LogP contribution in [0.5, 0.6) is 0 Å². The summed E-state index contributed by atoms with van der Waals surface area (Å²) in [5.74, 6) is 0.342. The molecular weight excluding hydrogens is 240 g/mol. The molecule has 0 spiro atoms. The first-order valence-electron chi connectivity index (χ1n) is 5.28. The van der Waals surface area contributed by atoms with E-state index in [1.165, 1.54) is 0 Å². The average Bonchev–Trinajstić information content (AvgIpc) is 2.19. The molecule has 17 heavy (non-hydrogen) atoms. The molecule has 6 heteroatoms. The monoisotopic (exact) mass is 256 g/mol. The molecule has 0 unspecified atom stereocenters. The van der Waals surface area contributed by atoms with Gasteiger partial charge in [-0.05, 0) is 25.0 Å². The van der Waals surface area contributed by atoms with E-state index in [4.69, 9.17) is 0 Å². The molecule has 0 atom stereocenters. The van der Waals surface area contributed by atoms with Crippen LogP contribution < -0.4 is 5.32 Å². The van der Waals surface area contributed by atoms with E-state index in [2.05, 4.69) is 10.3 Å². The third kappa shape index (κ3) is 5.44. The van der Waals surface area contributed by atoms with Gasteiger partial charge in [0.1, 0.15) is 15.7 Å². The Labute approximate surface area is 101 Å². The minimum atomic E-state index is -3.00. The highest BCUT2D eigenvalue weighted by molar-refractivity contribution is 7.90. The fourth-order valence-corrected chi connectivity index (χ4v) is 1.97. The Kier molecular flexibility index (Phi) is 4.62. The summed E-state index contributed by atoms with van der Waals surface area (Å²) in [7, 11) is -3.00. The van der Waals surface area contributed by atoms with E-state index in [0.29, 0.717) is 12.2 Å². The van der Waals surface area contributed by atoms with E-state index in [1.54, 1.807) is 12.3 Å². The molecule has 0 aromatic carbocycles. The minimum Gasteiger partial charge on any atom is -0.310 e. The van der Waals surface area contributed by atoms with Crippen molar-refractivity contribution in [1.29, 1.82) is 0 Å². The molecule has 1 rings (SSSR count). The lowest BCUT2D eigenvalue weighted by molar-refractivity contribution is -0.116. The van der Waals surface area contributed by atoms with E-state index in [9.17, 15) is 13.2 Å². The highest BCUT2D eigenvalue weighted by Gasteiger charge is 2.07. The first-order valence-corrected chi connectivity index (χ1v) is 7.34. The minimum absolute atomic E-state index is 0.0294. The molecule has 0 saturated heterocycles. The zero-order valence-corrected chi connectivity index (χ0v) is 10.8. The summed E-state index contributed by atoms with van der Waals surface area (Å²) >= 11 is 0. The molecule has 5 nitrogen and oxygen atoms in total. The lowest BCUT2D eigenvalue weighted by Gasteiger charge is -2.06. The maximum Gasteiger partial charge on any atom is 0.225 e. The number of nitrogens with zero attached hydrogens (tertiary/aromatic N) is 1. The van der Waals surface area contributed by atoms with Crippen molar-refractivity contribution >= 4 is 21.6 Å². The smallest absolute Gasteiger partial charge is 0.225 e. The lowest BCUT2D eigenvalue weighted by atomic mass is 10.2. The molecule has 0 aliphatic carbocycles. The van der Waals surface area contributed by atoms with Crippen LogP contribution in [0.15, 0.2) is 18.3 Å². The fourth-order valence-electron chi connectivity index (χ4n) is 1.31. The van der Waals surface area contributed by atoms with Gasteiger partial charge in [-0.3, -0.25) is 4.79 Å². The number of nitrogens with one attached hydrogen (secondary N) is 1. The Hall–Kier alpha value is -1.43. The largest absolute Gasteiger partial charge is 0.310 e. The van der Waals surface area contributed by atoms with Crippen LogP contribution in [-0.4, -0.2) is 31.3 Å². The molecule has 0 aliphatic rings. The zero-order chi connectivity index (χ0) is 12.9. The van der Waals surface area contributed by atoms with Gasteiger partial charge in [-0.15, -0.1) is 0 Å². The molecule has 0 saturated carbocycles. The van der Waals surface area contributed by atoms with Gasteiger partial charge in [-0.25, -0.2) is 13.4 Å². The molecule has 1 heterocycles. The zero-order valence-electron chi connectivity index (χ0n) is 9.93. The Morgan fingerprint density at radius 1 is 1.47 bits per heavy atom. The second-order valence-electron chi connectivity index (χ2n) is 3.95.